The molecule has 0 spiro atoms. The van der Waals surface area contributed by atoms with Crippen LogP contribution in [0.2, 0.25) is 0 Å². The summed E-state index contributed by atoms with van der Waals surface area (Å²) in [6, 6.07) is 14.5. The SMILES string of the molecule is Cc1ccc(S(=O)(=O)N(C)CC(=O)N2CCCC(c3nc4ccccc4[nH]3)C2)cc1. The maximum atomic E-state index is 12.9. The first kappa shape index (κ1) is 20.6. The minimum atomic E-state index is -3.71. The number of imidazole rings is 1. The van der Waals surface area contributed by atoms with Crippen LogP contribution in [0.5, 0.6) is 0 Å². The molecule has 2 aromatic carbocycles. The Kier molecular flexibility index (Phi) is 5.62. The van der Waals surface area contributed by atoms with E-state index in [1.54, 1.807) is 29.2 Å². The molecule has 1 aliphatic rings. The molecule has 1 unspecified atom stereocenters. The summed E-state index contributed by atoms with van der Waals surface area (Å²) >= 11 is 0. The van der Waals surface area contributed by atoms with Crippen molar-refractivity contribution in [2.45, 2.75) is 30.6 Å². The van der Waals surface area contributed by atoms with E-state index in [2.05, 4.69) is 9.97 Å². The van der Waals surface area contributed by atoms with Crippen molar-refractivity contribution in [1.82, 2.24) is 19.2 Å². The van der Waals surface area contributed by atoms with E-state index in [9.17, 15) is 13.2 Å². The zero-order valence-electron chi connectivity index (χ0n) is 17.2. The number of likely N-dealkylation sites (tertiary alicyclic amines) is 1. The molecule has 4 rings (SSSR count). The summed E-state index contributed by atoms with van der Waals surface area (Å²) in [5.41, 5.74) is 2.89. The molecule has 1 aromatic heterocycles. The first-order chi connectivity index (χ1) is 14.3. The van der Waals surface area contributed by atoms with Crippen molar-refractivity contribution in [2.75, 3.05) is 26.7 Å². The van der Waals surface area contributed by atoms with E-state index in [0.29, 0.717) is 13.1 Å². The van der Waals surface area contributed by atoms with Crippen LogP contribution in [0, 0.1) is 6.92 Å². The molecule has 7 nitrogen and oxygen atoms in total. The number of carbonyl (C=O) groups is 1. The molecule has 3 aromatic rings. The van der Waals surface area contributed by atoms with Gasteiger partial charge in [0.25, 0.3) is 0 Å². The summed E-state index contributed by atoms with van der Waals surface area (Å²) < 4.78 is 26.7. The Morgan fingerprint density at radius 3 is 2.67 bits per heavy atom. The van der Waals surface area contributed by atoms with Crippen LogP contribution in [0.3, 0.4) is 0 Å². The van der Waals surface area contributed by atoms with Gasteiger partial charge in [0.05, 0.1) is 22.5 Å². The Labute approximate surface area is 176 Å². The smallest absolute Gasteiger partial charge is 0.243 e. The summed E-state index contributed by atoms with van der Waals surface area (Å²) in [6.45, 7) is 2.90. The number of benzene rings is 2. The van der Waals surface area contributed by atoms with Gasteiger partial charge in [-0.2, -0.15) is 4.31 Å². The molecule has 1 fully saturated rings. The van der Waals surface area contributed by atoms with Gasteiger partial charge < -0.3 is 9.88 Å². The quantitative estimate of drug-likeness (QED) is 0.680. The van der Waals surface area contributed by atoms with Crippen molar-refractivity contribution >= 4 is 27.0 Å². The van der Waals surface area contributed by atoms with Crippen LogP contribution in [0.4, 0.5) is 0 Å². The van der Waals surface area contributed by atoms with Gasteiger partial charge in [0, 0.05) is 26.1 Å². The summed E-state index contributed by atoms with van der Waals surface area (Å²) in [6.07, 6.45) is 1.81. The molecular formula is C22H26N4O3S. The molecule has 1 saturated heterocycles. The summed E-state index contributed by atoms with van der Waals surface area (Å²) in [5.74, 6) is 0.817. The number of piperidine rings is 1. The number of aromatic nitrogens is 2. The standard InChI is InChI=1S/C22H26N4O3S/c1-16-9-11-18(12-10-16)30(28,29)25(2)15-21(27)26-13-5-6-17(14-26)22-23-19-7-3-4-8-20(19)24-22/h3-4,7-12,17H,5-6,13-15H2,1-2H3,(H,23,24). The largest absolute Gasteiger partial charge is 0.342 e. The molecule has 158 valence electrons. The van der Waals surface area contributed by atoms with E-state index in [4.69, 9.17) is 0 Å². The molecule has 1 N–H and O–H groups in total. The predicted molar refractivity (Wildman–Crippen MR) is 116 cm³/mol. The van der Waals surface area contributed by atoms with Gasteiger partial charge in [-0.25, -0.2) is 13.4 Å². The van der Waals surface area contributed by atoms with Gasteiger partial charge in [-0.3, -0.25) is 4.79 Å². The van der Waals surface area contributed by atoms with E-state index in [1.807, 2.05) is 31.2 Å². The number of H-pyrrole nitrogens is 1. The van der Waals surface area contributed by atoms with Crippen LogP contribution >= 0.6 is 0 Å². The number of sulfonamides is 1. The van der Waals surface area contributed by atoms with Crippen LogP contribution in [-0.2, 0) is 14.8 Å². The van der Waals surface area contributed by atoms with Gasteiger partial charge in [-0.15, -0.1) is 0 Å². The predicted octanol–water partition coefficient (Wildman–Crippen LogP) is 2.90. The van der Waals surface area contributed by atoms with E-state index >= 15 is 0 Å². The fraction of sp³-hybridized carbons (Fsp3) is 0.364. The van der Waals surface area contributed by atoms with Crippen LogP contribution in [0.15, 0.2) is 53.4 Å². The molecule has 2 heterocycles. The van der Waals surface area contributed by atoms with Crippen molar-refractivity contribution in [1.29, 1.82) is 0 Å². The number of aryl methyl sites for hydroxylation is 1. The number of nitrogens with one attached hydrogen (secondary N) is 1. The first-order valence-electron chi connectivity index (χ1n) is 10.1. The highest BCUT2D eigenvalue weighted by molar-refractivity contribution is 7.89. The lowest BCUT2D eigenvalue weighted by atomic mass is 9.97. The highest BCUT2D eigenvalue weighted by Crippen LogP contribution is 2.27. The second kappa shape index (κ2) is 8.20. The third-order valence-electron chi connectivity index (χ3n) is 5.66. The maximum absolute atomic E-state index is 12.9. The molecule has 8 heteroatoms. The Hall–Kier alpha value is -2.71. The summed E-state index contributed by atoms with van der Waals surface area (Å²) in [7, 11) is -2.25. The second-order valence-corrected chi connectivity index (χ2v) is 9.94. The number of rotatable bonds is 5. The van der Waals surface area contributed by atoms with E-state index in [-0.39, 0.29) is 23.3 Å². The van der Waals surface area contributed by atoms with Crippen molar-refractivity contribution in [3.05, 3.63) is 59.9 Å². The minimum absolute atomic E-state index is 0.120. The minimum Gasteiger partial charge on any atom is -0.342 e. The lowest BCUT2D eigenvalue weighted by Gasteiger charge is -2.32. The van der Waals surface area contributed by atoms with Crippen LogP contribution < -0.4 is 0 Å². The number of likely N-dealkylation sites (N-methyl/N-ethyl adjacent to an activating group) is 1. The Bertz CT molecular complexity index is 1120. The molecule has 1 atom stereocenters. The normalized spacial score (nSPS) is 17.6. The average Bonchev–Trinajstić information content (AvgIpc) is 3.18. The van der Waals surface area contributed by atoms with Crippen molar-refractivity contribution in [3.8, 4) is 0 Å². The van der Waals surface area contributed by atoms with Gasteiger partial charge in [0.1, 0.15) is 5.82 Å². The van der Waals surface area contributed by atoms with Crippen LogP contribution in [-0.4, -0.2) is 60.2 Å². The Balaban J connectivity index is 1.44. The number of hydrogen-bond donors (Lipinski definition) is 1. The number of fused-ring (bicyclic) bond motifs is 1. The zero-order valence-corrected chi connectivity index (χ0v) is 18.0. The highest BCUT2D eigenvalue weighted by Gasteiger charge is 2.30. The van der Waals surface area contributed by atoms with E-state index < -0.39 is 10.0 Å². The van der Waals surface area contributed by atoms with E-state index in [0.717, 1.165) is 39.6 Å². The lowest BCUT2D eigenvalue weighted by molar-refractivity contribution is -0.132. The molecule has 1 aliphatic heterocycles. The number of carbonyl (C=O) groups excluding carboxylic acids is 1. The van der Waals surface area contributed by atoms with Gasteiger partial charge in [0.2, 0.25) is 15.9 Å². The molecule has 0 bridgehead atoms. The monoisotopic (exact) mass is 426 g/mol. The third kappa shape index (κ3) is 4.11. The van der Waals surface area contributed by atoms with Gasteiger partial charge in [-0.1, -0.05) is 29.8 Å². The number of hydrogen-bond acceptors (Lipinski definition) is 4. The number of amides is 1. The second-order valence-electron chi connectivity index (χ2n) is 7.89. The molecule has 1 amide bonds. The topological polar surface area (TPSA) is 86.4 Å². The summed E-state index contributed by atoms with van der Waals surface area (Å²) in [4.78, 5) is 22.9. The molecule has 30 heavy (non-hydrogen) atoms. The lowest BCUT2D eigenvalue weighted by Crippen LogP contribution is -2.45. The van der Waals surface area contributed by atoms with E-state index in [1.165, 1.54) is 7.05 Å². The fourth-order valence-corrected chi connectivity index (χ4v) is 4.98. The molecule has 0 radical (unpaired) electrons. The number of aromatic amines is 1. The highest BCUT2D eigenvalue weighted by atomic mass is 32.2. The molecule has 0 saturated carbocycles. The maximum Gasteiger partial charge on any atom is 0.243 e. The van der Waals surface area contributed by atoms with Crippen LogP contribution in [0.25, 0.3) is 11.0 Å². The number of para-hydroxylation sites is 2. The van der Waals surface area contributed by atoms with Crippen molar-refractivity contribution < 1.29 is 13.2 Å². The Morgan fingerprint density at radius 2 is 1.93 bits per heavy atom. The van der Waals surface area contributed by atoms with Gasteiger partial charge in [0.15, 0.2) is 0 Å². The zero-order chi connectivity index (χ0) is 21.3. The molecule has 0 aliphatic carbocycles. The first-order valence-corrected chi connectivity index (χ1v) is 11.5. The van der Waals surface area contributed by atoms with Crippen molar-refractivity contribution in [3.63, 3.8) is 0 Å². The average molecular weight is 427 g/mol. The Morgan fingerprint density at radius 1 is 1.20 bits per heavy atom. The molecular weight excluding hydrogens is 400 g/mol. The van der Waals surface area contributed by atoms with Gasteiger partial charge >= 0.3 is 0 Å². The van der Waals surface area contributed by atoms with Gasteiger partial charge in [-0.05, 0) is 44.0 Å². The fourth-order valence-electron chi connectivity index (χ4n) is 3.86. The summed E-state index contributed by atoms with van der Waals surface area (Å²) in [5, 5.41) is 0. The number of nitrogens with zero attached hydrogens (tertiary/aromatic N) is 3. The van der Waals surface area contributed by atoms with Crippen LogP contribution in [0.1, 0.15) is 30.1 Å². The van der Waals surface area contributed by atoms with Crippen molar-refractivity contribution in [2.24, 2.45) is 0 Å². The third-order valence-corrected chi connectivity index (χ3v) is 7.47.